The fourth-order valence-electron chi connectivity index (χ4n) is 2.41. The van der Waals surface area contributed by atoms with Crippen LogP contribution in [-0.4, -0.2) is 13.1 Å². The van der Waals surface area contributed by atoms with E-state index in [0.717, 1.165) is 18.1 Å². The fourth-order valence-corrected chi connectivity index (χ4v) is 2.79. The number of hydrogen-bond donors (Lipinski definition) is 1. The van der Waals surface area contributed by atoms with Crippen molar-refractivity contribution in [2.45, 2.75) is 26.7 Å². The summed E-state index contributed by atoms with van der Waals surface area (Å²) in [6.07, 6.45) is 7.00. The molecule has 2 rings (SSSR count). The topological polar surface area (TPSA) is 12.0 Å². The zero-order chi connectivity index (χ0) is 12.3. The molecule has 1 N–H and O–H groups in total. The van der Waals surface area contributed by atoms with Crippen LogP contribution in [0, 0.1) is 19.8 Å². The maximum atomic E-state index is 6.29. The van der Waals surface area contributed by atoms with Crippen molar-refractivity contribution in [1.82, 2.24) is 5.32 Å². The lowest BCUT2D eigenvalue weighted by molar-refractivity contribution is 0.438. The van der Waals surface area contributed by atoms with Gasteiger partial charge >= 0.3 is 0 Å². The van der Waals surface area contributed by atoms with Crippen LogP contribution in [0.4, 0.5) is 0 Å². The van der Waals surface area contributed by atoms with Crippen LogP contribution in [0.1, 0.15) is 29.5 Å². The number of nitrogens with one attached hydrogen (secondary N) is 1. The van der Waals surface area contributed by atoms with Gasteiger partial charge in [0.15, 0.2) is 0 Å². The Labute approximate surface area is 109 Å². The predicted molar refractivity (Wildman–Crippen MR) is 75.6 cm³/mol. The minimum absolute atomic E-state index is 0.702. The lowest BCUT2D eigenvalue weighted by Gasteiger charge is -2.19. The molecule has 0 spiro atoms. The van der Waals surface area contributed by atoms with Gasteiger partial charge in [-0.3, -0.25) is 0 Å². The first-order valence-electron chi connectivity index (χ1n) is 6.32. The van der Waals surface area contributed by atoms with Gasteiger partial charge in [0.05, 0.1) is 0 Å². The summed E-state index contributed by atoms with van der Waals surface area (Å²) < 4.78 is 0. The molecule has 0 aromatic heterocycles. The van der Waals surface area contributed by atoms with Gasteiger partial charge in [-0.2, -0.15) is 0 Å². The molecule has 0 amide bonds. The summed E-state index contributed by atoms with van der Waals surface area (Å²) in [7, 11) is 0. The van der Waals surface area contributed by atoms with Gasteiger partial charge in [-0.1, -0.05) is 29.8 Å². The summed E-state index contributed by atoms with van der Waals surface area (Å²) >= 11 is 6.29. The van der Waals surface area contributed by atoms with Crippen LogP contribution in [0.15, 0.2) is 18.2 Å². The highest BCUT2D eigenvalue weighted by Crippen LogP contribution is 2.25. The van der Waals surface area contributed by atoms with Gasteiger partial charge in [0.2, 0.25) is 0 Å². The summed E-state index contributed by atoms with van der Waals surface area (Å²) in [5, 5.41) is 4.25. The molecule has 2 heteroatoms. The molecule has 1 heterocycles. The Kier molecular flexibility index (Phi) is 4.25. The maximum Gasteiger partial charge on any atom is 0.0483 e. The van der Waals surface area contributed by atoms with Crippen molar-refractivity contribution in [2.24, 2.45) is 5.92 Å². The van der Waals surface area contributed by atoms with Crippen molar-refractivity contribution in [3.05, 3.63) is 39.9 Å². The Morgan fingerprint density at radius 2 is 1.94 bits per heavy atom. The SMILES string of the molecule is Cc1cc(C)c(C=CC2CCNCC2)c(Cl)c1. The van der Waals surface area contributed by atoms with Crippen LogP contribution in [0.5, 0.6) is 0 Å². The average Bonchev–Trinajstić information content (AvgIpc) is 2.29. The minimum Gasteiger partial charge on any atom is -0.317 e. The van der Waals surface area contributed by atoms with E-state index in [-0.39, 0.29) is 0 Å². The number of benzene rings is 1. The first kappa shape index (κ1) is 12.7. The standard InChI is InChI=1S/C15H20ClN/c1-11-9-12(2)14(15(16)10-11)4-3-13-5-7-17-8-6-13/h3-4,9-10,13,17H,5-8H2,1-2H3. The fraction of sp³-hybridized carbons (Fsp3) is 0.467. The number of allylic oxidation sites excluding steroid dienone is 1. The molecule has 1 saturated heterocycles. The van der Waals surface area contributed by atoms with E-state index in [9.17, 15) is 0 Å². The van der Waals surface area contributed by atoms with E-state index in [0.29, 0.717) is 5.92 Å². The number of piperidine rings is 1. The van der Waals surface area contributed by atoms with Crippen molar-refractivity contribution < 1.29 is 0 Å². The van der Waals surface area contributed by atoms with Crippen molar-refractivity contribution >= 4 is 17.7 Å². The van der Waals surface area contributed by atoms with E-state index in [1.807, 2.05) is 6.07 Å². The summed E-state index contributed by atoms with van der Waals surface area (Å²) in [5.74, 6) is 0.702. The Balaban J connectivity index is 2.14. The van der Waals surface area contributed by atoms with Gasteiger partial charge in [0.1, 0.15) is 0 Å². The minimum atomic E-state index is 0.702. The van der Waals surface area contributed by atoms with Gasteiger partial charge in [-0.15, -0.1) is 0 Å². The van der Waals surface area contributed by atoms with Gasteiger partial charge in [-0.05, 0) is 68.5 Å². The molecule has 1 aliphatic heterocycles. The van der Waals surface area contributed by atoms with E-state index >= 15 is 0 Å². The van der Waals surface area contributed by atoms with Crippen LogP contribution in [0.3, 0.4) is 0 Å². The van der Waals surface area contributed by atoms with Crippen LogP contribution in [-0.2, 0) is 0 Å². The number of hydrogen-bond acceptors (Lipinski definition) is 1. The van der Waals surface area contributed by atoms with Gasteiger partial charge in [0.25, 0.3) is 0 Å². The number of halogens is 1. The van der Waals surface area contributed by atoms with E-state index in [2.05, 4.69) is 37.4 Å². The van der Waals surface area contributed by atoms with E-state index in [1.165, 1.54) is 29.5 Å². The third-order valence-corrected chi connectivity index (χ3v) is 3.71. The maximum absolute atomic E-state index is 6.29. The Morgan fingerprint density at radius 3 is 2.59 bits per heavy atom. The first-order valence-corrected chi connectivity index (χ1v) is 6.70. The monoisotopic (exact) mass is 249 g/mol. The average molecular weight is 250 g/mol. The van der Waals surface area contributed by atoms with Crippen LogP contribution in [0.25, 0.3) is 6.08 Å². The molecule has 0 radical (unpaired) electrons. The van der Waals surface area contributed by atoms with Crippen molar-refractivity contribution in [3.63, 3.8) is 0 Å². The summed E-state index contributed by atoms with van der Waals surface area (Å²) in [4.78, 5) is 0. The highest BCUT2D eigenvalue weighted by molar-refractivity contribution is 6.32. The molecule has 0 atom stereocenters. The number of rotatable bonds is 2. The largest absolute Gasteiger partial charge is 0.317 e. The zero-order valence-corrected chi connectivity index (χ0v) is 11.3. The summed E-state index contributed by atoms with van der Waals surface area (Å²) in [5.41, 5.74) is 3.67. The molecule has 17 heavy (non-hydrogen) atoms. The molecule has 0 unspecified atom stereocenters. The van der Waals surface area contributed by atoms with Gasteiger partial charge in [0, 0.05) is 5.02 Å². The molecule has 1 aliphatic rings. The molecule has 1 fully saturated rings. The normalized spacial score (nSPS) is 17.8. The second-order valence-corrected chi connectivity index (χ2v) is 5.33. The highest BCUT2D eigenvalue weighted by Gasteiger charge is 2.10. The van der Waals surface area contributed by atoms with E-state index < -0.39 is 0 Å². The van der Waals surface area contributed by atoms with E-state index in [4.69, 9.17) is 11.6 Å². The molecule has 0 saturated carbocycles. The smallest absolute Gasteiger partial charge is 0.0483 e. The zero-order valence-electron chi connectivity index (χ0n) is 10.6. The van der Waals surface area contributed by atoms with Gasteiger partial charge in [-0.25, -0.2) is 0 Å². The summed E-state index contributed by atoms with van der Waals surface area (Å²) in [6, 6.07) is 4.23. The second-order valence-electron chi connectivity index (χ2n) is 4.92. The quantitative estimate of drug-likeness (QED) is 0.836. The lowest BCUT2D eigenvalue weighted by Crippen LogP contribution is -2.26. The molecule has 1 nitrogen and oxygen atoms in total. The molecule has 0 aliphatic carbocycles. The molecule has 1 aromatic rings. The van der Waals surface area contributed by atoms with Gasteiger partial charge < -0.3 is 5.32 Å². The van der Waals surface area contributed by atoms with Crippen LogP contribution < -0.4 is 5.32 Å². The lowest BCUT2D eigenvalue weighted by atomic mass is 9.96. The van der Waals surface area contributed by atoms with Crippen LogP contribution >= 0.6 is 11.6 Å². The Bertz CT molecular complexity index is 394. The Morgan fingerprint density at radius 1 is 1.24 bits per heavy atom. The molecule has 92 valence electrons. The Hall–Kier alpha value is -0.790. The predicted octanol–water partition coefficient (Wildman–Crippen LogP) is 3.97. The van der Waals surface area contributed by atoms with E-state index in [1.54, 1.807) is 0 Å². The third kappa shape index (κ3) is 3.34. The van der Waals surface area contributed by atoms with Crippen molar-refractivity contribution in [2.75, 3.05) is 13.1 Å². The second kappa shape index (κ2) is 5.70. The first-order chi connectivity index (χ1) is 8.16. The molecular weight excluding hydrogens is 230 g/mol. The molecular formula is C15H20ClN. The molecule has 1 aromatic carbocycles. The highest BCUT2D eigenvalue weighted by atomic mass is 35.5. The van der Waals surface area contributed by atoms with Crippen molar-refractivity contribution in [1.29, 1.82) is 0 Å². The summed E-state index contributed by atoms with van der Waals surface area (Å²) in [6.45, 7) is 6.48. The van der Waals surface area contributed by atoms with Crippen molar-refractivity contribution in [3.8, 4) is 0 Å². The number of aryl methyl sites for hydroxylation is 2. The van der Waals surface area contributed by atoms with Crippen LogP contribution in [0.2, 0.25) is 5.02 Å². The molecule has 0 bridgehead atoms. The third-order valence-electron chi connectivity index (χ3n) is 3.40.